The minimum Gasteiger partial charge on any atom is -0.492 e. The van der Waals surface area contributed by atoms with E-state index in [9.17, 15) is 9.59 Å². The molecule has 92 valence electrons. The lowest BCUT2D eigenvalue weighted by atomic mass is 10.2. The Balaban J connectivity index is 2.82. The van der Waals surface area contributed by atoms with Crippen LogP contribution in [-0.4, -0.2) is 18.3 Å². The van der Waals surface area contributed by atoms with E-state index in [0.29, 0.717) is 18.0 Å². The maximum atomic E-state index is 11.5. The molecule has 1 N–H and O–H groups in total. The van der Waals surface area contributed by atoms with Crippen LogP contribution in [0, 0.1) is 6.92 Å². The standard InChI is InChI=1S/C13H17NO3/c1-4-17-12-7-9(2)5-6-11(12)14-13(16)8-10(3)15/h5-7H,4,8H2,1-3H3,(H,14,16). The van der Waals surface area contributed by atoms with Crippen molar-refractivity contribution in [3.63, 3.8) is 0 Å². The summed E-state index contributed by atoms with van der Waals surface area (Å²) >= 11 is 0. The quantitative estimate of drug-likeness (QED) is 0.797. The minimum absolute atomic E-state index is 0.112. The Morgan fingerprint density at radius 2 is 2.06 bits per heavy atom. The van der Waals surface area contributed by atoms with Gasteiger partial charge in [-0.25, -0.2) is 0 Å². The average Bonchev–Trinajstić information content (AvgIpc) is 2.21. The van der Waals surface area contributed by atoms with E-state index in [0.717, 1.165) is 5.56 Å². The monoisotopic (exact) mass is 235 g/mol. The van der Waals surface area contributed by atoms with E-state index in [4.69, 9.17) is 4.74 Å². The molecule has 0 bridgehead atoms. The topological polar surface area (TPSA) is 55.4 Å². The summed E-state index contributed by atoms with van der Waals surface area (Å²) in [7, 11) is 0. The third-order valence-electron chi connectivity index (χ3n) is 2.12. The Hall–Kier alpha value is -1.84. The molecule has 1 amide bonds. The smallest absolute Gasteiger partial charge is 0.231 e. The molecule has 0 radical (unpaired) electrons. The number of ketones is 1. The second kappa shape index (κ2) is 6.03. The molecule has 0 aromatic heterocycles. The van der Waals surface area contributed by atoms with Gasteiger partial charge in [0.15, 0.2) is 0 Å². The highest BCUT2D eigenvalue weighted by atomic mass is 16.5. The van der Waals surface area contributed by atoms with Crippen molar-refractivity contribution < 1.29 is 14.3 Å². The molecular weight excluding hydrogens is 218 g/mol. The van der Waals surface area contributed by atoms with Gasteiger partial charge >= 0.3 is 0 Å². The summed E-state index contributed by atoms with van der Waals surface area (Å²) in [6, 6.07) is 5.51. The molecule has 0 heterocycles. The molecule has 0 saturated heterocycles. The lowest BCUT2D eigenvalue weighted by molar-refractivity contribution is -0.124. The molecule has 1 aromatic rings. The Bertz CT molecular complexity index is 427. The number of rotatable bonds is 5. The number of hydrogen-bond acceptors (Lipinski definition) is 3. The lowest BCUT2D eigenvalue weighted by Crippen LogP contribution is -2.15. The van der Waals surface area contributed by atoms with Gasteiger partial charge in [-0.3, -0.25) is 9.59 Å². The molecule has 0 aliphatic heterocycles. The van der Waals surface area contributed by atoms with Crippen molar-refractivity contribution in [1.82, 2.24) is 0 Å². The van der Waals surface area contributed by atoms with Gasteiger partial charge in [-0.1, -0.05) is 6.07 Å². The van der Waals surface area contributed by atoms with Crippen molar-refractivity contribution in [2.45, 2.75) is 27.2 Å². The molecule has 0 atom stereocenters. The van der Waals surface area contributed by atoms with Gasteiger partial charge in [0.2, 0.25) is 5.91 Å². The molecule has 0 spiro atoms. The van der Waals surface area contributed by atoms with Crippen LogP contribution in [0.15, 0.2) is 18.2 Å². The summed E-state index contributed by atoms with van der Waals surface area (Å²) < 4.78 is 5.42. The zero-order valence-electron chi connectivity index (χ0n) is 10.4. The van der Waals surface area contributed by atoms with Gasteiger partial charge in [0, 0.05) is 0 Å². The number of benzene rings is 1. The van der Waals surface area contributed by atoms with Gasteiger partial charge in [0.05, 0.1) is 18.7 Å². The van der Waals surface area contributed by atoms with E-state index in [2.05, 4.69) is 5.32 Å². The average molecular weight is 235 g/mol. The van der Waals surface area contributed by atoms with Crippen molar-refractivity contribution in [1.29, 1.82) is 0 Å². The highest BCUT2D eigenvalue weighted by Crippen LogP contribution is 2.25. The van der Waals surface area contributed by atoms with Gasteiger partial charge < -0.3 is 10.1 Å². The van der Waals surface area contributed by atoms with Gasteiger partial charge in [-0.05, 0) is 38.5 Å². The molecule has 1 aromatic carbocycles. The van der Waals surface area contributed by atoms with Crippen LogP contribution in [0.3, 0.4) is 0 Å². The molecule has 0 fully saturated rings. The van der Waals surface area contributed by atoms with Crippen LogP contribution in [0.2, 0.25) is 0 Å². The number of carbonyl (C=O) groups is 2. The first kappa shape index (κ1) is 13.2. The zero-order valence-corrected chi connectivity index (χ0v) is 10.4. The van der Waals surface area contributed by atoms with Crippen LogP contribution in [-0.2, 0) is 9.59 Å². The highest BCUT2D eigenvalue weighted by molar-refractivity contribution is 6.04. The minimum atomic E-state index is -0.317. The van der Waals surface area contributed by atoms with E-state index < -0.39 is 0 Å². The van der Waals surface area contributed by atoms with Crippen LogP contribution >= 0.6 is 0 Å². The van der Waals surface area contributed by atoms with E-state index in [-0.39, 0.29) is 18.1 Å². The van der Waals surface area contributed by atoms with E-state index >= 15 is 0 Å². The normalized spacial score (nSPS) is 9.82. The number of carbonyl (C=O) groups excluding carboxylic acids is 2. The molecule has 0 saturated carbocycles. The predicted octanol–water partition coefficient (Wildman–Crippen LogP) is 2.31. The Morgan fingerprint density at radius 1 is 1.35 bits per heavy atom. The second-order valence-electron chi connectivity index (χ2n) is 3.86. The van der Waals surface area contributed by atoms with Crippen LogP contribution in [0.4, 0.5) is 5.69 Å². The Labute approximate surface area is 101 Å². The third-order valence-corrected chi connectivity index (χ3v) is 2.12. The summed E-state index contributed by atoms with van der Waals surface area (Å²) in [5, 5.41) is 2.67. The molecule has 4 nitrogen and oxygen atoms in total. The van der Waals surface area contributed by atoms with E-state index in [1.54, 1.807) is 6.07 Å². The largest absolute Gasteiger partial charge is 0.492 e. The van der Waals surface area contributed by atoms with Crippen molar-refractivity contribution in [2.24, 2.45) is 0 Å². The molecule has 0 aliphatic carbocycles. The van der Waals surface area contributed by atoms with Crippen molar-refractivity contribution in [3.05, 3.63) is 23.8 Å². The van der Waals surface area contributed by atoms with Gasteiger partial charge in [-0.2, -0.15) is 0 Å². The van der Waals surface area contributed by atoms with Crippen molar-refractivity contribution in [2.75, 3.05) is 11.9 Å². The van der Waals surface area contributed by atoms with Gasteiger partial charge in [-0.15, -0.1) is 0 Å². The van der Waals surface area contributed by atoms with Gasteiger partial charge in [0.1, 0.15) is 11.5 Å². The fourth-order valence-electron chi connectivity index (χ4n) is 1.43. The van der Waals surface area contributed by atoms with E-state index in [1.807, 2.05) is 26.0 Å². The number of nitrogens with one attached hydrogen (secondary N) is 1. The maximum absolute atomic E-state index is 11.5. The highest BCUT2D eigenvalue weighted by Gasteiger charge is 2.09. The fraction of sp³-hybridized carbons (Fsp3) is 0.385. The van der Waals surface area contributed by atoms with Crippen molar-refractivity contribution >= 4 is 17.4 Å². The number of anilines is 1. The number of amides is 1. The summed E-state index contributed by atoms with van der Waals surface area (Å²) in [4.78, 5) is 22.3. The molecule has 0 unspecified atom stereocenters. The Morgan fingerprint density at radius 3 is 2.65 bits per heavy atom. The van der Waals surface area contributed by atoms with Crippen LogP contribution in [0.1, 0.15) is 25.8 Å². The summed E-state index contributed by atoms with van der Waals surface area (Å²) in [6.07, 6.45) is -0.112. The first-order valence-electron chi connectivity index (χ1n) is 5.55. The summed E-state index contributed by atoms with van der Waals surface area (Å²) in [6.45, 7) is 5.74. The second-order valence-corrected chi connectivity index (χ2v) is 3.86. The number of aryl methyl sites for hydroxylation is 1. The molecule has 0 aliphatic rings. The zero-order chi connectivity index (χ0) is 12.8. The molecular formula is C13H17NO3. The number of ether oxygens (including phenoxy) is 1. The molecule has 4 heteroatoms. The first-order chi connectivity index (χ1) is 8.02. The van der Waals surface area contributed by atoms with Crippen LogP contribution in [0.5, 0.6) is 5.75 Å². The van der Waals surface area contributed by atoms with Crippen molar-refractivity contribution in [3.8, 4) is 5.75 Å². The summed E-state index contributed by atoms with van der Waals surface area (Å²) in [5.74, 6) is 0.152. The fourth-order valence-corrected chi connectivity index (χ4v) is 1.43. The van der Waals surface area contributed by atoms with E-state index in [1.165, 1.54) is 6.92 Å². The van der Waals surface area contributed by atoms with Crippen LogP contribution < -0.4 is 10.1 Å². The van der Waals surface area contributed by atoms with Gasteiger partial charge in [0.25, 0.3) is 0 Å². The lowest BCUT2D eigenvalue weighted by Gasteiger charge is -2.11. The molecule has 17 heavy (non-hydrogen) atoms. The molecule has 1 rings (SSSR count). The SMILES string of the molecule is CCOc1cc(C)ccc1NC(=O)CC(C)=O. The first-order valence-corrected chi connectivity index (χ1v) is 5.55. The number of hydrogen-bond donors (Lipinski definition) is 1. The Kier molecular flexibility index (Phi) is 4.69. The summed E-state index contributed by atoms with van der Waals surface area (Å²) in [5.41, 5.74) is 1.65. The van der Waals surface area contributed by atoms with Crippen LogP contribution in [0.25, 0.3) is 0 Å². The third kappa shape index (κ3) is 4.26. The number of Topliss-reactive ketones (excluding diaryl/α,β-unsaturated/α-hetero) is 1. The predicted molar refractivity (Wildman–Crippen MR) is 66.3 cm³/mol. The maximum Gasteiger partial charge on any atom is 0.231 e.